The summed E-state index contributed by atoms with van der Waals surface area (Å²) in [5, 5.41) is 8.56. The molecule has 0 unspecified atom stereocenters. The lowest BCUT2D eigenvalue weighted by Gasteiger charge is -2.33. The average Bonchev–Trinajstić information content (AvgIpc) is 3.39. The molecule has 11 heteroatoms. The fourth-order valence-corrected chi connectivity index (χ4v) is 3.99. The van der Waals surface area contributed by atoms with Crippen molar-refractivity contribution in [1.29, 1.82) is 0 Å². The summed E-state index contributed by atoms with van der Waals surface area (Å²) in [7, 11) is 1.65. The summed E-state index contributed by atoms with van der Waals surface area (Å²) in [5.41, 5.74) is 1.17. The molecule has 11 nitrogen and oxygen atoms in total. The minimum atomic E-state index is -0.531. The van der Waals surface area contributed by atoms with Gasteiger partial charge >= 0.3 is 6.09 Å². The number of hydrogen-bond acceptors (Lipinski definition) is 8. The summed E-state index contributed by atoms with van der Waals surface area (Å²) in [6.45, 7) is 7.28. The molecule has 0 aromatic carbocycles. The van der Waals surface area contributed by atoms with E-state index in [9.17, 15) is 9.59 Å². The van der Waals surface area contributed by atoms with E-state index in [1.165, 1.54) is 0 Å². The van der Waals surface area contributed by atoms with Crippen LogP contribution in [0.3, 0.4) is 0 Å². The molecule has 4 rings (SSSR count). The number of fused-ring (bicyclic) bond motifs is 1. The van der Waals surface area contributed by atoms with Crippen LogP contribution in [-0.2, 0) is 15.9 Å². The van der Waals surface area contributed by atoms with Crippen LogP contribution in [0, 0.1) is 0 Å². The van der Waals surface area contributed by atoms with E-state index in [0.717, 1.165) is 12.1 Å². The molecule has 0 atom stereocenters. The van der Waals surface area contributed by atoms with Crippen molar-refractivity contribution in [2.45, 2.75) is 58.0 Å². The lowest BCUT2D eigenvalue weighted by atomic mass is 9.93. The highest BCUT2D eigenvalue weighted by atomic mass is 16.6. The van der Waals surface area contributed by atoms with Gasteiger partial charge in [0.2, 0.25) is 11.7 Å². The summed E-state index contributed by atoms with van der Waals surface area (Å²) < 4.78 is 17.6. The first-order valence-corrected chi connectivity index (χ1v) is 11.2. The molecule has 178 valence electrons. The van der Waals surface area contributed by atoms with Crippen LogP contribution in [0.25, 0.3) is 17.0 Å². The predicted molar refractivity (Wildman–Crippen MR) is 119 cm³/mol. The summed E-state index contributed by atoms with van der Waals surface area (Å²) in [6.07, 6.45) is 4.12. The number of aryl methyl sites for hydroxylation is 1. The summed E-state index contributed by atoms with van der Waals surface area (Å²) in [6, 6.07) is 1.57. The third-order valence-corrected chi connectivity index (χ3v) is 5.55. The molecule has 1 aliphatic heterocycles. The number of amides is 1. The van der Waals surface area contributed by atoms with Crippen molar-refractivity contribution in [3.63, 3.8) is 0 Å². The van der Waals surface area contributed by atoms with Gasteiger partial charge in [0.05, 0.1) is 17.5 Å². The first kappa shape index (κ1) is 23.0. The van der Waals surface area contributed by atoms with Crippen LogP contribution < -0.4 is 5.56 Å². The number of carbonyl (C=O) groups is 1. The number of hydrogen-bond donors (Lipinski definition) is 1. The molecule has 0 aliphatic carbocycles. The normalized spacial score (nSPS) is 15.3. The number of ether oxygens (including phenoxy) is 2. The Kier molecular flexibility index (Phi) is 6.50. The standard InChI is InChI=1S/C22H30N6O5/c1-22(2,3)32-21(30)27-9-7-14(8-10-27)16-12-17(29)24-20-15(13-23-28(16)20)19-25-18(33-26-19)6-5-11-31-4/h12-14H,5-11H2,1-4H3,(H,24,29). The second-order valence-electron chi connectivity index (χ2n) is 9.23. The molecule has 4 heterocycles. The molecule has 0 radical (unpaired) electrons. The van der Waals surface area contributed by atoms with Crippen molar-refractivity contribution in [1.82, 2.24) is 29.6 Å². The third-order valence-electron chi connectivity index (χ3n) is 5.55. The van der Waals surface area contributed by atoms with E-state index in [1.807, 2.05) is 20.8 Å². The number of rotatable bonds is 6. The largest absolute Gasteiger partial charge is 0.444 e. The van der Waals surface area contributed by atoms with Crippen molar-refractivity contribution in [2.24, 2.45) is 0 Å². The Balaban J connectivity index is 1.53. The minimum Gasteiger partial charge on any atom is -0.444 e. The lowest BCUT2D eigenvalue weighted by Crippen LogP contribution is -2.41. The zero-order valence-corrected chi connectivity index (χ0v) is 19.5. The van der Waals surface area contributed by atoms with Crippen molar-refractivity contribution < 1.29 is 18.8 Å². The number of aromatic nitrogens is 5. The summed E-state index contributed by atoms with van der Waals surface area (Å²) in [5.74, 6) is 0.968. The van der Waals surface area contributed by atoms with E-state index in [1.54, 1.807) is 28.8 Å². The van der Waals surface area contributed by atoms with Crippen LogP contribution in [0.5, 0.6) is 0 Å². The summed E-state index contributed by atoms with van der Waals surface area (Å²) in [4.78, 5) is 33.8. The van der Waals surface area contributed by atoms with E-state index < -0.39 is 5.60 Å². The van der Waals surface area contributed by atoms with Crippen LogP contribution in [0.15, 0.2) is 21.6 Å². The highest BCUT2D eigenvalue weighted by Gasteiger charge is 2.29. The second kappa shape index (κ2) is 9.34. The first-order valence-electron chi connectivity index (χ1n) is 11.2. The molecule has 1 amide bonds. The monoisotopic (exact) mass is 458 g/mol. The Morgan fingerprint density at radius 2 is 2.06 bits per heavy atom. The van der Waals surface area contributed by atoms with E-state index in [4.69, 9.17) is 14.0 Å². The zero-order chi connectivity index (χ0) is 23.6. The highest BCUT2D eigenvalue weighted by molar-refractivity contribution is 5.72. The Morgan fingerprint density at radius 1 is 1.30 bits per heavy atom. The Hall–Kier alpha value is -3.21. The molecule has 3 aromatic heterocycles. The van der Waals surface area contributed by atoms with Gasteiger partial charge in [-0.2, -0.15) is 10.1 Å². The molecule has 1 aliphatic rings. The topological polar surface area (TPSA) is 128 Å². The van der Waals surface area contributed by atoms with E-state index in [2.05, 4.69) is 20.2 Å². The van der Waals surface area contributed by atoms with Crippen LogP contribution in [-0.4, -0.2) is 68.1 Å². The fourth-order valence-electron chi connectivity index (χ4n) is 3.99. The maximum atomic E-state index is 12.5. The molecule has 1 N–H and O–H groups in total. The van der Waals surface area contributed by atoms with Gasteiger partial charge in [-0.15, -0.1) is 0 Å². The molecule has 3 aromatic rings. The SMILES string of the molecule is COCCCc1nc(-c2cnn3c(C4CCN(C(=O)OC(C)(C)C)CC4)cc(=O)[nH]c23)no1. The molecule has 1 saturated heterocycles. The number of likely N-dealkylation sites (tertiary alicyclic amines) is 1. The summed E-state index contributed by atoms with van der Waals surface area (Å²) >= 11 is 0. The van der Waals surface area contributed by atoms with Gasteiger partial charge in [-0.3, -0.25) is 4.79 Å². The number of piperidine rings is 1. The van der Waals surface area contributed by atoms with Gasteiger partial charge in [0.25, 0.3) is 5.56 Å². The predicted octanol–water partition coefficient (Wildman–Crippen LogP) is 2.77. The van der Waals surface area contributed by atoms with Crippen LogP contribution in [0.2, 0.25) is 0 Å². The van der Waals surface area contributed by atoms with Crippen molar-refractivity contribution in [3.05, 3.63) is 34.2 Å². The molecule has 33 heavy (non-hydrogen) atoms. The smallest absolute Gasteiger partial charge is 0.410 e. The van der Waals surface area contributed by atoms with Crippen molar-refractivity contribution in [3.8, 4) is 11.4 Å². The highest BCUT2D eigenvalue weighted by Crippen LogP contribution is 2.30. The third kappa shape index (κ3) is 5.24. The quantitative estimate of drug-likeness (QED) is 0.559. The van der Waals surface area contributed by atoms with Gasteiger partial charge < -0.3 is 23.9 Å². The second-order valence-corrected chi connectivity index (χ2v) is 9.23. The lowest BCUT2D eigenvalue weighted by molar-refractivity contribution is 0.0203. The number of nitrogens with zero attached hydrogens (tertiary/aromatic N) is 5. The van der Waals surface area contributed by atoms with Crippen LogP contribution in [0.1, 0.15) is 57.5 Å². The van der Waals surface area contributed by atoms with Gasteiger partial charge in [0, 0.05) is 45.2 Å². The molecular formula is C22H30N6O5. The van der Waals surface area contributed by atoms with Gasteiger partial charge in [-0.05, 0) is 40.0 Å². The average molecular weight is 459 g/mol. The Bertz CT molecular complexity index is 1170. The number of aromatic amines is 1. The molecule has 0 spiro atoms. The van der Waals surface area contributed by atoms with Gasteiger partial charge in [0.1, 0.15) is 11.2 Å². The maximum Gasteiger partial charge on any atom is 0.410 e. The van der Waals surface area contributed by atoms with Gasteiger partial charge in [0.15, 0.2) is 0 Å². The fraction of sp³-hybridized carbons (Fsp3) is 0.591. The Morgan fingerprint density at radius 3 is 2.76 bits per heavy atom. The van der Waals surface area contributed by atoms with Crippen LogP contribution in [0.4, 0.5) is 4.79 Å². The van der Waals surface area contributed by atoms with E-state index >= 15 is 0 Å². The minimum absolute atomic E-state index is 0.0797. The molecule has 1 fully saturated rings. The number of nitrogens with one attached hydrogen (secondary N) is 1. The zero-order valence-electron chi connectivity index (χ0n) is 19.5. The number of H-pyrrole nitrogens is 1. The maximum absolute atomic E-state index is 12.5. The van der Waals surface area contributed by atoms with Crippen molar-refractivity contribution in [2.75, 3.05) is 26.8 Å². The molecular weight excluding hydrogens is 428 g/mol. The van der Waals surface area contributed by atoms with Gasteiger partial charge in [-0.25, -0.2) is 9.31 Å². The van der Waals surface area contributed by atoms with Crippen LogP contribution >= 0.6 is 0 Å². The van der Waals surface area contributed by atoms with Crippen molar-refractivity contribution >= 4 is 11.7 Å². The molecule has 0 bridgehead atoms. The van der Waals surface area contributed by atoms with E-state index in [-0.39, 0.29) is 17.6 Å². The first-order chi connectivity index (χ1) is 15.7. The van der Waals surface area contributed by atoms with Gasteiger partial charge in [-0.1, -0.05) is 5.16 Å². The number of carbonyl (C=O) groups excluding carboxylic acids is 1. The Labute approximate surface area is 191 Å². The number of methoxy groups -OCH3 is 1. The van der Waals surface area contributed by atoms with E-state index in [0.29, 0.717) is 61.9 Å². The molecule has 0 saturated carbocycles.